The molecule has 0 amide bonds. The highest BCUT2D eigenvalue weighted by Gasteiger charge is 2.45. The van der Waals surface area contributed by atoms with Crippen molar-refractivity contribution < 1.29 is 23.7 Å². The summed E-state index contributed by atoms with van der Waals surface area (Å²) in [5, 5.41) is 0. The molecule has 3 aromatic carbocycles. The summed E-state index contributed by atoms with van der Waals surface area (Å²) in [5.74, 6) is 2.00. The van der Waals surface area contributed by atoms with Crippen molar-refractivity contribution in [1.82, 2.24) is 0 Å². The second kappa shape index (κ2) is 9.80. The van der Waals surface area contributed by atoms with Crippen LogP contribution in [0.5, 0.6) is 17.2 Å². The Bertz CT molecular complexity index is 1120. The van der Waals surface area contributed by atoms with Gasteiger partial charge in [-0.05, 0) is 57.0 Å². The smallest absolute Gasteiger partial charge is 0.347 e. The first-order valence-electron chi connectivity index (χ1n) is 11.7. The van der Waals surface area contributed by atoms with Crippen molar-refractivity contribution in [2.24, 2.45) is 0 Å². The maximum absolute atomic E-state index is 12.0. The van der Waals surface area contributed by atoms with E-state index < -0.39 is 11.7 Å². The number of methoxy groups -OCH3 is 1. The van der Waals surface area contributed by atoms with E-state index in [2.05, 4.69) is 56.3 Å². The van der Waals surface area contributed by atoms with Gasteiger partial charge in [0.2, 0.25) is 0 Å². The molecule has 0 N–H and O–H groups in total. The molecule has 5 heteroatoms. The van der Waals surface area contributed by atoms with Gasteiger partial charge >= 0.3 is 5.97 Å². The molecule has 0 spiro atoms. The van der Waals surface area contributed by atoms with Gasteiger partial charge in [-0.1, -0.05) is 48.5 Å². The summed E-state index contributed by atoms with van der Waals surface area (Å²) in [6.07, 6.45) is -0.668. The minimum Gasteiger partial charge on any atom is -0.497 e. The van der Waals surface area contributed by atoms with Gasteiger partial charge in [0, 0.05) is 23.5 Å². The van der Waals surface area contributed by atoms with Crippen LogP contribution in [0.1, 0.15) is 56.2 Å². The first kappa shape index (κ1) is 23.7. The number of benzene rings is 3. The molecule has 0 bridgehead atoms. The number of fused-ring (bicyclic) bond motifs is 1. The molecular formula is C29H32O5. The lowest BCUT2D eigenvalue weighted by molar-refractivity contribution is -0.150. The Balaban J connectivity index is 1.74. The van der Waals surface area contributed by atoms with Crippen LogP contribution in [0, 0.1) is 0 Å². The molecule has 34 heavy (non-hydrogen) atoms. The molecule has 0 fully saturated rings. The Morgan fingerprint density at radius 3 is 2.29 bits per heavy atom. The van der Waals surface area contributed by atoms with Crippen LogP contribution in [-0.4, -0.2) is 31.4 Å². The Labute approximate surface area is 201 Å². The number of hydrogen-bond acceptors (Lipinski definition) is 5. The van der Waals surface area contributed by atoms with Crippen molar-refractivity contribution in [2.45, 2.75) is 51.2 Å². The van der Waals surface area contributed by atoms with Gasteiger partial charge in [0.05, 0.1) is 13.7 Å². The minimum absolute atomic E-state index is 0.0589. The van der Waals surface area contributed by atoms with Crippen LogP contribution >= 0.6 is 0 Å². The van der Waals surface area contributed by atoms with Crippen molar-refractivity contribution in [1.29, 1.82) is 0 Å². The second-order valence-electron chi connectivity index (χ2n) is 9.06. The Kier molecular flexibility index (Phi) is 6.82. The Morgan fingerprint density at radius 2 is 1.65 bits per heavy atom. The lowest BCUT2D eigenvalue weighted by Crippen LogP contribution is -2.43. The van der Waals surface area contributed by atoms with E-state index in [1.165, 1.54) is 5.56 Å². The Morgan fingerprint density at radius 1 is 0.971 bits per heavy atom. The van der Waals surface area contributed by atoms with Crippen molar-refractivity contribution in [2.75, 3.05) is 13.7 Å². The average molecular weight is 461 g/mol. The molecule has 1 heterocycles. The van der Waals surface area contributed by atoms with Crippen LogP contribution in [-0.2, 0) is 9.53 Å². The van der Waals surface area contributed by atoms with Crippen LogP contribution < -0.4 is 14.2 Å². The maximum Gasteiger partial charge on any atom is 0.347 e. The summed E-state index contributed by atoms with van der Waals surface area (Å²) in [5.41, 5.74) is 3.02. The lowest BCUT2D eigenvalue weighted by Gasteiger charge is -2.45. The maximum atomic E-state index is 12.0. The average Bonchev–Trinajstić information content (AvgIpc) is 2.83. The number of carbonyl (C=O) groups excluding carboxylic acids is 1. The minimum atomic E-state index is -0.668. The van der Waals surface area contributed by atoms with Crippen LogP contribution in [0.3, 0.4) is 0 Å². The zero-order valence-electron chi connectivity index (χ0n) is 20.4. The molecular weight excluding hydrogens is 428 g/mol. The first-order chi connectivity index (χ1) is 16.3. The van der Waals surface area contributed by atoms with Gasteiger partial charge in [-0.3, -0.25) is 0 Å². The topological polar surface area (TPSA) is 54.0 Å². The number of hydrogen-bond donors (Lipinski definition) is 0. The van der Waals surface area contributed by atoms with Crippen LogP contribution in [0.2, 0.25) is 0 Å². The monoisotopic (exact) mass is 460 g/mol. The third-order valence-corrected chi connectivity index (χ3v) is 6.34. The van der Waals surface area contributed by atoms with E-state index in [-0.39, 0.29) is 17.8 Å². The number of ether oxygens (including phenoxy) is 4. The van der Waals surface area contributed by atoms with Crippen LogP contribution in [0.25, 0.3) is 0 Å². The summed E-state index contributed by atoms with van der Waals surface area (Å²) in [4.78, 5) is 12.0. The largest absolute Gasteiger partial charge is 0.497 e. The van der Waals surface area contributed by atoms with Crippen molar-refractivity contribution in [3.8, 4) is 17.2 Å². The summed E-state index contributed by atoms with van der Waals surface area (Å²) in [7, 11) is 1.66. The molecule has 0 aromatic heterocycles. The summed E-state index contributed by atoms with van der Waals surface area (Å²) >= 11 is 0. The predicted molar refractivity (Wildman–Crippen MR) is 132 cm³/mol. The van der Waals surface area contributed by atoms with E-state index in [1.54, 1.807) is 21.0 Å². The summed E-state index contributed by atoms with van der Waals surface area (Å²) < 4.78 is 22.9. The molecule has 0 saturated heterocycles. The van der Waals surface area contributed by atoms with E-state index in [0.29, 0.717) is 12.4 Å². The van der Waals surface area contributed by atoms with Gasteiger partial charge in [0.1, 0.15) is 22.8 Å². The van der Waals surface area contributed by atoms with Crippen LogP contribution in [0.4, 0.5) is 0 Å². The summed E-state index contributed by atoms with van der Waals surface area (Å²) in [6.45, 7) is 8.08. The van der Waals surface area contributed by atoms with Crippen molar-refractivity contribution in [3.63, 3.8) is 0 Å². The van der Waals surface area contributed by atoms with E-state index >= 15 is 0 Å². The molecule has 0 aliphatic carbocycles. The van der Waals surface area contributed by atoms with Crippen molar-refractivity contribution in [3.05, 3.63) is 89.5 Å². The third-order valence-electron chi connectivity index (χ3n) is 6.34. The summed E-state index contributed by atoms with van der Waals surface area (Å²) in [6, 6.07) is 24.5. The van der Waals surface area contributed by atoms with Gasteiger partial charge in [0.25, 0.3) is 0 Å². The molecule has 4 rings (SSSR count). The van der Waals surface area contributed by atoms with E-state index in [1.807, 2.05) is 30.3 Å². The van der Waals surface area contributed by atoms with Gasteiger partial charge < -0.3 is 18.9 Å². The quantitative estimate of drug-likeness (QED) is 0.398. The number of esters is 1. The van der Waals surface area contributed by atoms with Gasteiger partial charge in [-0.15, -0.1) is 0 Å². The molecule has 0 saturated carbocycles. The normalized spacial score (nSPS) is 19.3. The van der Waals surface area contributed by atoms with E-state index in [9.17, 15) is 4.79 Å². The molecule has 178 valence electrons. The fourth-order valence-corrected chi connectivity index (χ4v) is 4.81. The number of rotatable bonds is 7. The molecule has 0 radical (unpaired) electrons. The fourth-order valence-electron chi connectivity index (χ4n) is 4.81. The zero-order valence-corrected chi connectivity index (χ0v) is 20.4. The van der Waals surface area contributed by atoms with E-state index in [0.717, 1.165) is 22.6 Å². The predicted octanol–water partition coefficient (Wildman–Crippen LogP) is 6.11. The standard InChI is InChI=1S/C29H32O5/c1-6-32-28(30)19(2)33-22-14-12-20(13-15-22)26-24-17-16-23(31-5)18-25(24)34-29(3,4)27(26)21-10-8-7-9-11-21/h7-19,26-27H,6H2,1-5H3/t19?,26-,27+/m0/s1. The third kappa shape index (κ3) is 4.74. The van der Waals surface area contributed by atoms with E-state index in [4.69, 9.17) is 18.9 Å². The van der Waals surface area contributed by atoms with Gasteiger partial charge in [-0.25, -0.2) is 4.79 Å². The SMILES string of the molecule is CCOC(=O)C(C)Oc1ccc([C@H]2c3ccc(OC)cc3OC(C)(C)[C@@H]2c2ccccc2)cc1. The molecule has 1 unspecified atom stereocenters. The molecule has 5 nitrogen and oxygen atoms in total. The Hall–Kier alpha value is -3.47. The molecule has 3 aromatic rings. The molecule has 1 aliphatic heterocycles. The highest BCUT2D eigenvalue weighted by atomic mass is 16.6. The molecule has 1 aliphatic rings. The first-order valence-corrected chi connectivity index (χ1v) is 11.7. The van der Waals surface area contributed by atoms with Crippen LogP contribution in [0.15, 0.2) is 72.8 Å². The number of carbonyl (C=O) groups is 1. The highest BCUT2D eigenvalue weighted by molar-refractivity contribution is 5.74. The van der Waals surface area contributed by atoms with Gasteiger partial charge in [0.15, 0.2) is 6.10 Å². The highest BCUT2D eigenvalue weighted by Crippen LogP contribution is 2.53. The molecule has 3 atom stereocenters. The fraction of sp³-hybridized carbons (Fsp3) is 0.345. The van der Waals surface area contributed by atoms with Gasteiger partial charge in [-0.2, -0.15) is 0 Å². The zero-order chi connectivity index (χ0) is 24.3. The van der Waals surface area contributed by atoms with Crippen molar-refractivity contribution >= 4 is 5.97 Å². The second-order valence-corrected chi connectivity index (χ2v) is 9.06. The lowest BCUT2D eigenvalue weighted by atomic mass is 9.68.